The number of anilines is 1. The van der Waals surface area contributed by atoms with Gasteiger partial charge in [0.15, 0.2) is 0 Å². The van der Waals surface area contributed by atoms with Crippen LogP contribution in [0, 0.1) is 10.1 Å². The standard InChI is InChI=1S/C18H19ClN4O4S/c1-12(24)21-6-8-22(9-7-21)15-4-2-13(10-16(15)23(26)27)18(25)20-11-14-3-5-17(19)28-14/h2-5,10H,6-9,11H2,1H3,(H,20,25). The molecule has 148 valence electrons. The summed E-state index contributed by atoms with van der Waals surface area (Å²) in [4.78, 5) is 39.4. The van der Waals surface area contributed by atoms with Gasteiger partial charge in [0.25, 0.3) is 11.6 Å². The molecule has 0 aliphatic carbocycles. The van der Waals surface area contributed by atoms with Gasteiger partial charge in [0.1, 0.15) is 5.69 Å². The van der Waals surface area contributed by atoms with Crippen molar-refractivity contribution in [2.45, 2.75) is 13.5 Å². The number of piperazine rings is 1. The lowest BCUT2D eigenvalue weighted by molar-refractivity contribution is -0.384. The molecule has 8 nitrogen and oxygen atoms in total. The Hall–Kier alpha value is -2.65. The molecule has 2 heterocycles. The van der Waals surface area contributed by atoms with Crippen molar-refractivity contribution in [3.05, 3.63) is 55.2 Å². The number of nitro benzene ring substituents is 1. The third kappa shape index (κ3) is 4.60. The van der Waals surface area contributed by atoms with Crippen molar-refractivity contribution in [3.8, 4) is 0 Å². The summed E-state index contributed by atoms with van der Waals surface area (Å²) in [5.41, 5.74) is 0.554. The quantitative estimate of drug-likeness (QED) is 0.590. The van der Waals surface area contributed by atoms with E-state index in [0.717, 1.165) is 4.88 Å². The molecule has 0 atom stereocenters. The Morgan fingerprint density at radius 1 is 1.21 bits per heavy atom. The summed E-state index contributed by atoms with van der Waals surface area (Å²) in [5, 5.41) is 14.3. The zero-order chi connectivity index (χ0) is 20.3. The van der Waals surface area contributed by atoms with Crippen LogP contribution in [0.4, 0.5) is 11.4 Å². The van der Waals surface area contributed by atoms with Gasteiger partial charge in [-0.25, -0.2) is 0 Å². The molecule has 0 unspecified atom stereocenters. The number of nitrogens with one attached hydrogen (secondary N) is 1. The number of carbonyl (C=O) groups is 2. The van der Waals surface area contributed by atoms with E-state index in [1.807, 2.05) is 11.0 Å². The second-order valence-electron chi connectivity index (χ2n) is 6.34. The number of amides is 2. The smallest absolute Gasteiger partial charge is 0.293 e. The Bertz CT molecular complexity index is 909. The Morgan fingerprint density at radius 3 is 2.50 bits per heavy atom. The van der Waals surface area contributed by atoms with Gasteiger partial charge >= 0.3 is 0 Å². The van der Waals surface area contributed by atoms with E-state index < -0.39 is 4.92 Å². The highest BCUT2D eigenvalue weighted by molar-refractivity contribution is 7.16. The molecule has 1 aliphatic rings. The summed E-state index contributed by atoms with van der Waals surface area (Å²) >= 11 is 7.23. The summed E-state index contributed by atoms with van der Waals surface area (Å²) in [7, 11) is 0. The minimum atomic E-state index is -0.484. The average Bonchev–Trinajstić information content (AvgIpc) is 3.11. The zero-order valence-corrected chi connectivity index (χ0v) is 16.8. The molecule has 0 spiro atoms. The number of rotatable bonds is 5. The first-order valence-corrected chi connectivity index (χ1v) is 9.86. The predicted molar refractivity (Wildman–Crippen MR) is 108 cm³/mol. The van der Waals surface area contributed by atoms with Crippen LogP contribution >= 0.6 is 22.9 Å². The molecular weight excluding hydrogens is 404 g/mol. The third-order valence-electron chi connectivity index (χ3n) is 4.55. The lowest BCUT2D eigenvalue weighted by atomic mass is 10.1. The van der Waals surface area contributed by atoms with Crippen molar-refractivity contribution >= 4 is 46.1 Å². The molecule has 1 aromatic carbocycles. The fraction of sp³-hybridized carbons (Fsp3) is 0.333. The average molecular weight is 423 g/mol. The third-order valence-corrected chi connectivity index (χ3v) is 5.78. The fourth-order valence-corrected chi connectivity index (χ4v) is 4.08. The predicted octanol–water partition coefficient (Wildman–Crippen LogP) is 2.91. The van der Waals surface area contributed by atoms with Gasteiger partial charge in [0, 0.05) is 49.6 Å². The van der Waals surface area contributed by atoms with E-state index in [4.69, 9.17) is 11.6 Å². The van der Waals surface area contributed by atoms with Gasteiger partial charge < -0.3 is 15.1 Å². The van der Waals surface area contributed by atoms with Gasteiger partial charge in [-0.05, 0) is 24.3 Å². The Kier molecular flexibility index (Phi) is 6.15. The van der Waals surface area contributed by atoms with Crippen molar-refractivity contribution in [2.24, 2.45) is 0 Å². The summed E-state index contributed by atoms with van der Waals surface area (Å²) in [6, 6.07) is 8.04. The molecule has 1 aromatic heterocycles. The molecule has 1 aliphatic heterocycles. The number of hydrogen-bond donors (Lipinski definition) is 1. The van der Waals surface area contributed by atoms with Crippen LogP contribution in [0.5, 0.6) is 0 Å². The molecule has 2 amide bonds. The van der Waals surface area contributed by atoms with E-state index in [-0.39, 0.29) is 23.1 Å². The first-order valence-electron chi connectivity index (χ1n) is 8.66. The van der Waals surface area contributed by atoms with Crippen molar-refractivity contribution in [2.75, 3.05) is 31.1 Å². The zero-order valence-electron chi connectivity index (χ0n) is 15.2. The van der Waals surface area contributed by atoms with Crippen molar-refractivity contribution in [3.63, 3.8) is 0 Å². The SMILES string of the molecule is CC(=O)N1CCN(c2ccc(C(=O)NCc3ccc(Cl)s3)cc2[N+](=O)[O-])CC1. The molecule has 28 heavy (non-hydrogen) atoms. The van der Waals surface area contributed by atoms with Crippen LogP contribution < -0.4 is 10.2 Å². The maximum Gasteiger partial charge on any atom is 0.293 e. The molecule has 10 heteroatoms. The van der Waals surface area contributed by atoms with Crippen LogP contribution in [0.25, 0.3) is 0 Å². The van der Waals surface area contributed by atoms with Crippen LogP contribution in [0.15, 0.2) is 30.3 Å². The Labute approximate surface area is 170 Å². The topological polar surface area (TPSA) is 95.8 Å². The molecule has 1 fully saturated rings. The number of carbonyl (C=O) groups excluding carboxylic acids is 2. The number of benzene rings is 1. The van der Waals surface area contributed by atoms with Crippen LogP contribution in [-0.2, 0) is 11.3 Å². The summed E-state index contributed by atoms with van der Waals surface area (Å²) in [6.07, 6.45) is 0. The lowest BCUT2D eigenvalue weighted by Crippen LogP contribution is -2.48. The van der Waals surface area contributed by atoms with E-state index >= 15 is 0 Å². The monoisotopic (exact) mass is 422 g/mol. The minimum Gasteiger partial charge on any atom is -0.362 e. The Balaban J connectivity index is 1.73. The number of thiophene rings is 1. The Morgan fingerprint density at radius 2 is 1.93 bits per heavy atom. The van der Waals surface area contributed by atoms with Crippen LogP contribution in [0.1, 0.15) is 22.2 Å². The van der Waals surface area contributed by atoms with E-state index in [9.17, 15) is 19.7 Å². The molecular formula is C18H19ClN4O4S. The van der Waals surface area contributed by atoms with Crippen LogP contribution in [0.2, 0.25) is 4.34 Å². The second-order valence-corrected chi connectivity index (χ2v) is 8.14. The van der Waals surface area contributed by atoms with Gasteiger partial charge in [0.05, 0.1) is 15.8 Å². The molecule has 0 radical (unpaired) electrons. The molecule has 1 saturated heterocycles. The highest BCUT2D eigenvalue weighted by atomic mass is 35.5. The van der Waals surface area contributed by atoms with E-state index in [1.54, 1.807) is 23.1 Å². The van der Waals surface area contributed by atoms with Crippen molar-refractivity contribution < 1.29 is 14.5 Å². The minimum absolute atomic E-state index is 0.00630. The molecule has 2 aromatic rings. The maximum atomic E-state index is 12.4. The summed E-state index contributed by atoms with van der Waals surface area (Å²) in [5.74, 6) is -0.395. The maximum absolute atomic E-state index is 12.4. The van der Waals surface area contributed by atoms with Gasteiger partial charge in [-0.15, -0.1) is 11.3 Å². The number of nitro groups is 1. The highest BCUT2D eigenvalue weighted by Gasteiger charge is 2.25. The summed E-state index contributed by atoms with van der Waals surface area (Å²) in [6.45, 7) is 3.85. The van der Waals surface area contributed by atoms with Crippen LogP contribution in [-0.4, -0.2) is 47.8 Å². The van der Waals surface area contributed by atoms with Gasteiger partial charge in [-0.1, -0.05) is 11.6 Å². The number of hydrogen-bond acceptors (Lipinski definition) is 6. The lowest BCUT2D eigenvalue weighted by Gasteiger charge is -2.35. The normalized spacial score (nSPS) is 14.1. The van der Waals surface area contributed by atoms with Crippen LogP contribution in [0.3, 0.4) is 0 Å². The number of halogens is 1. The van der Waals surface area contributed by atoms with E-state index in [1.165, 1.54) is 24.3 Å². The molecule has 0 saturated carbocycles. The van der Waals surface area contributed by atoms with Crippen molar-refractivity contribution in [1.82, 2.24) is 10.2 Å². The van der Waals surface area contributed by atoms with Gasteiger partial charge in [0.2, 0.25) is 5.91 Å². The fourth-order valence-electron chi connectivity index (χ4n) is 3.06. The largest absolute Gasteiger partial charge is 0.362 e. The second kappa shape index (κ2) is 8.57. The van der Waals surface area contributed by atoms with Gasteiger partial charge in [-0.2, -0.15) is 0 Å². The molecule has 1 N–H and O–H groups in total. The summed E-state index contributed by atoms with van der Waals surface area (Å²) < 4.78 is 0.633. The first kappa shape index (κ1) is 20.1. The van der Waals surface area contributed by atoms with E-state index in [2.05, 4.69) is 5.32 Å². The first-order chi connectivity index (χ1) is 13.3. The molecule has 0 bridgehead atoms. The number of nitrogens with zero attached hydrogens (tertiary/aromatic N) is 3. The van der Waals surface area contributed by atoms with Gasteiger partial charge in [-0.3, -0.25) is 19.7 Å². The van der Waals surface area contributed by atoms with Crippen molar-refractivity contribution in [1.29, 1.82) is 0 Å². The molecule has 3 rings (SSSR count). The highest BCUT2D eigenvalue weighted by Crippen LogP contribution is 2.30. The van der Waals surface area contributed by atoms with E-state index in [0.29, 0.717) is 42.7 Å².